The zero-order chi connectivity index (χ0) is 25.7. The second-order valence-electron chi connectivity index (χ2n) is 9.94. The van der Waals surface area contributed by atoms with Crippen molar-refractivity contribution in [1.82, 2.24) is 9.80 Å². The molecule has 0 spiro atoms. The Labute approximate surface area is 193 Å². The number of rotatable bonds is 2. The molecule has 12 heteroatoms. The van der Waals surface area contributed by atoms with Crippen molar-refractivity contribution in [3.8, 4) is 0 Å². The van der Waals surface area contributed by atoms with Crippen LogP contribution in [0, 0.1) is 0 Å². The first kappa shape index (κ1) is 28.4. The molecule has 0 aromatic carbocycles. The summed E-state index contributed by atoms with van der Waals surface area (Å²) >= 11 is 0. The summed E-state index contributed by atoms with van der Waals surface area (Å²) in [6, 6.07) is -1.75. The maximum absolute atomic E-state index is 11.8. The number of β-amino-alcohol motifs (C(OH)–C–C–N with tert-alkyl or cyclic N) is 2. The normalized spacial score (nSPS) is 25.1. The Morgan fingerprint density at radius 1 is 0.758 bits per heavy atom. The van der Waals surface area contributed by atoms with Crippen molar-refractivity contribution in [2.45, 2.75) is 89.9 Å². The number of carbonyl (C=O) groups excluding carboxylic acids is 3. The average Bonchev–Trinajstić information content (AvgIpc) is 3.22. The van der Waals surface area contributed by atoms with Gasteiger partial charge in [0.1, 0.15) is 23.3 Å². The lowest BCUT2D eigenvalue weighted by Gasteiger charge is -2.27. The van der Waals surface area contributed by atoms with Crippen LogP contribution in [0.1, 0.15) is 54.4 Å². The van der Waals surface area contributed by atoms with Gasteiger partial charge in [-0.2, -0.15) is 0 Å². The Bertz CT molecular complexity index is 728. The summed E-state index contributed by atoms with van der Waals surface area (Å²) in [6.07, 6.45) is -2.58. The summed E-state index contributed by atoms with van der Waals surface area (Å²) in [5, 5.41) is 27.7. The fourth-order valence-corrected chi connectivity index (χ4v) is 3.27. The van der Waals surface area contributed by atoms with E-state index in [0.29, 0.717) is 0 Å². The van der Waals surface area contributed by atoms with Crippen molar-refractivity contribution in [2.24, 2.45) is 0 Å². The van der Waals surface area contributed by atoms with Gasteiger partial charge in [0, 0.05) is 12.8 Å². The quantitative estimate of drug-likeness (QED) is 0.386. The molecule has 2 heterocycles. The van der Waals surface area contributed by atoms with Crippen molar-refractivity contribution in [3.05, 3.63) is 0 Å². The van der Waals surface area contributed by atoms with E-state index >= 15 is 0 Å². The monoisotopic (exact) mass is 476 g/mol. The number of nitrogens with zero attached hydrogens (tertiary/aromatic N) is 2. The third kappa shape index (κ3) is 9.04. The number of aliphatic carboxylic acids is 1. The van der Waals surface area contributed by atoms with E-state index in [1.54, 1.807) is 41.5 Å². The molecule has 33 heavy (non-hydrogen) atoms. The van der Waals surface area contributed by atoms with Crippen LogP contribution in [0.15, 0.2) is 0 Å². The van der Waals surface area contributed by atoms with Gasteiger partial charge >= 0.3 is 24.1 Å². The van der Waals surface area contributed by atoms with E-state index in [1.807, 2.05) is 0 Å². The molecule has 3 N–H and O–H groups in total. The van der Waals surface area contributed by atoms with Crippen LogP contribution < -0.4 is 0 Å². The first-order valence-electron chi connectivity index (χ1n) is 10.6. The number of amides is 2. The molecule has 2 saturated heterocycles. The largest absolute Gasteiger partial charge is 0.480 e. The molecule has 2 aliphatic rings. The van der Waals surface area contributed by atoms with E-state index in [0.717, 1.165) is 4.90 Å². The lowest BCUT2D eigenvalue weighted by molar-refractivity contribution is -0.145. The third-order valence-corrected chi connectivity index (χ3v) is 4.57. The third-order valence-electron chi connectivity index (χ3n) is 4.57. The summed E-state index contributed by atoms with van der Waals surface area (Å²) in [5.41, 5.74) is -1.31. The van der Waals surface area contributed by atoms with Gasteiger partial charge in [-0.3, -0.25) is 9.80 Å². The molecular formula is C21H36N2O10. The van der Waals surface area contributed by atoms with Gasteiger partial charge in [0.05, 0.1) is 32.4 Å². The molecule has 0 radical (unpaired) electrons. The smallest absolute Gasteiger partial charge is 0.411 e. The van der Waals surface area contributed by atoms with Crippen molar-refractivity contribution < 1.29 is 48.7 Å². The number of hydrogen-bond acceptors (Lipinski definition) is 9. The minimum Gasteiger partial charge on any atom is -0.480 e. The molecule has 0 bridgehead atoms. The van der Waals surface area contributed by atoms with Crippen LogP contribution in [-0.4, -0.2) is 105 Å². The van der Waals surface area contributed by atoms with Crippen LogP contribution in [0.5, 0.6) is 0 Å². The van der Waals surface area contributed by atoms with Gasteiger partial charge < -0.3 is 29.5 Å². The van der Waals surface area contributed by atoms with Crippen LogP contribution in [-0.2, 0) is 23.8 Å². The van der Waals surface area contributed by atoms with Gasteiger partial charge in [0.25, 0.3) is 0 Å². The molecule has 0 aromatic rings. The van der Waals surface area contributed by atoms with E-state index in [1.165, 1.54) is 12.0 Å². The highest BCUT2D eigenvalue weighted by Crippen LogP contribution is 2.23. The number of esters is 1. The van der Waals surface area contributed by atoms with E-state index in [-0.39, 0.29) is 25.9 Å². The molecule has 4 atom stereocenters. The second kappa shape index (κ2) is 11.0. The van der Waals surface area contributed by atoms with Gasteiger partial charge in [-0.1, -0.05) is 0 Å². The Morgan fingerprint density at radius 2 is 1.12 bits per heavy atom. The van der Waals surface area contributed by atoms with Crippen LogP contribution in [0.2, 0.25) is 0 Å². The molecule has 2 aliphatic heterocycles. The maximum atomic E-state index is 11.8. The van der Waals surface area contributed by atoms with E-state index in [9.17, 15) is 29.4 Å². The van der Waals surface area contributed by atoms with Crippen LogP contribution >= 0.6 is 0 Å². The fraction of sp³-hybridized carbons (Fsp3) is 0.810. The van der Waals surface area contributed by atoms with Gasteiger partial charge in [-0.25, -0.2) is 19.2 Å². The summed E-state index contributed by atoms with van der Waals surface area (Å²) in [6.45, 7) is 10.4. The lowest BCUT2D eigenvalue weighted by atomic mass is 10.2. The number of aliphatic hydroxyl groups is 2. The van der Waals surface area contributed by atoms with E-state index in [2.05, 4.69) is 4.74 Å². The van der Waals surface area contributed by atoms with Crippen molar-refractivity contribution in [3.63, 3.8) is 0 Å². The number of aliphatic hydroxyl groups excluding tert-OH is 2. The predicted octanol–water partition coefficient (Wildman–Crippen LogP) is 0.971. The lowest BCUT2D eigenvalue weighted by Crippen LogP contribution is -2.43. The first-order valence-corrected chi connectivity index (χ1v) is 10.6. The number of carbonyl (C=O) groups is 4. The first-order chi connectivity index (χ1) is 14.9. The Balaban J connectivity index is 0.000000331. The van der Waals surface area contributed by atoms with Gasteiger partial charge in [0.15, 0.2) is 0 Å². The molecule has 12 nitrogen and oxygen atoms in total. The molecule has 190 valence electrons. The Hall–Kier alpha value is -2.60. The van der Waals surface area contributed by atoms with Crippen LogP contribution in [0.3, 0.4) is 0 Å². The summed E-state index contributed by atoms with van der Waals surface area (Å²) in [5.74, 6) is -1.66. The standard InChI is InChI=1S/C11H19NO5.C10H17NO5/c1-11(2,3)17-10(15)12-6-7(13)5-8(12)9(14)16-4;1-10(2,3)16-9(15)11-5-6(12)4-7(11)8(13)14/h7-8,13H,5-6H2,1-4H3;6-7,12H,4-5H2,1-3H3,(H,13,14)/t7-,8+;6-,7+/m00/s1. The number of carboxylic acid groups (broad SMARTS) is 1. The highest BCUT2D eigenvalue weighted by atomic mass is 16.6. The molecule has 2 amide bonds. The fourth-order valence-electron chi connectivity index (χ4n) is 3.27. The zero-order valence-electron chi connectivity index (χ0n) is 20.2. The number of hydrogen-bond donors (Lipinski definition) is 3. The van der Waals surface area contributed by atoms with Crippen LogP contribution in [0.25, 0.3) is 0 Å². The molecule has 0 aromatic heterocycles. The van der Waals surface area contributed by atoms with E-state index < -0.39 is 59.6 Å². The highest BCUT2D eigenvalue weighted by Gasteiger charge is 2.42. The predicted molar refractivity (Wildman–Crippen MR) is 114 cm³/mol. The van der Waals surface area contributed by atoms with E-state index in [4.69, 9.17) is 14.6 Å². The molecule has 2 rings (SSSR count). The number of likely N-dealkylation sites (tertiary alicyclic amines) is 2. The molecule has 0 unspecified atom stereocenters. The summed E-state index contributed by atoms with van der Waals surface area (Å²) in [7, 11) is 1.25. The Morgan fingerprint density at radius 3 is 1.45 bits per heavy atom. The molecule has 2 fully saturated rings. The minimum atomic E-state index is -1.12. The van der Waals surface area contributed by atoms with Gasteiger partial charge in [0.2, 0.25) is 0 Å². The molecular weight excluding hydrogens is 440 g/mol. The maximum Gasteiger partial charge on any atom is 0.411 e. The van der Waals surface area contributed by atoms with Gasteiger partial charge in [-0.15, -0.1) is 0 Å². The summed E-state index contributed by atoms with van der Waals surface area (Å²) in [4.78, 5) is 48.1. The second-order valence-corrected chi connectivity index (χ2v) is 9.94. The van der Waals surface area contributed by atoms with Crippen molar-refractivity contribution in [2.75, 3.05) is 20.2 Å². The topological polar surface area (TPSA) is 163 Å². The zero-order valence-corrected chi connectivity index (χ0v) is 20.2. The number of ether oxygens (including phenoxy) is 3. The van der Waals surface area contributed by atoms with Crippen LogP contribution in [0.4, 0.5) is 9.59 Å². The number of carboxylic acids is 1. The summed E-state index contributed by atoms with van der Waals surface area (Å²) < 4.78 is 14.8. The number of methoxy groups -OCH3 is 1. The highest BCUT2D eigenvalue weighted by molar-refractivity contribution is 5.82. The molecule has 0 aliphatic carbocycles. The molecule has 0 saturated carbocycles. The van der Waals surface area contributed by atoms with Crippen molar-refractivity contribution >= 4 is 24.1 Å². The Kier molecular flexibility index (Phi) is 9.49. The minimum absolute atomic E-state index is 0.00583. The van der Waals surface area contributed by atoms with Crippen molar-refractivity contribution in [1.29, 1.82) is 0 Å². The SMILES string of the molecule is CC(C)(C)OC(=O)N1C[C@@H](O)C[C@@H]1C(=O)O.COC(=O)[C@H]1C[C@H](O)CN1C(=O)OC(C)(C)C. The van der Waals surface area contributed by atoms with Gasteiger partial charge in [-0.05, 0) is 41.5 Å². The average molecular weight is 477 g/mol.